The summed E-state index contributed by atoms with van der Waals surface area (Å²) in [5.41, 5.74) is 1.61. The van der Waals surface area contributed by atoms with Crippen LogP contribution in [0.15, 0.2) is 36.8 Å². The number of nitrogens with zero attached hydrogens (tertiary/aromatic N) is 4. The smallest absolute Gasteiger partial charge is 0.417 e. The lowest BCUT2D eigenvalue weighted by Crippen LogP contribution is -2.51. The normalized spacial score (nSPS) is 17.8. The summed E-state index contributed by atoms with van der Waals surface area (Å²) in [5.74, 6) is -0.488. The first-order valence-electron chi connectivity index (χ1n) is 9.69. The van der Waals surface area contributed by atoms with Crippen molar-refractivity contribution in [2.75, 3.05) is 24.5 Å². The second-order valence-corrected chi connectivity index (χ2v) is 7.55. The highest BCUT2D eigenvalue weighted by atomic mass is 19.4. The van der Waals surface area contributed by atoms with E-state index in [1.54, 1.807) is 12.3 Å². The summed E-state index contributed by atoms with van der Waals surface area (Å²) in [6.45, 7) is 4.62. The van der Waals surface area contributed by atoms with Gasteiger partial charge in [-0.3, -0.25) is 10.00 Å². The van der Waals surface area contributed by atoms with Gasteiger partial charge < -0.3 is 15.0 Å². The lowest BCUT2D eigenvalue weighted by Gasteiger charge is -2.40. The quantitative estimate of drug-likeness (QED) is 0.570. The van der Waals surface area contributed by atoms with Crippen molar-refractivity contribution in [1.29, 1.82) is 0 Å². The SMILES string of the molecule is CC1CN(Cc2c[nH]nc2-c2cc(C(=O)O)c[nH]2)CCN1c1ccc(C(F)(F)F)cn1. The number of piperazine rings is 1. The fourth-order valence-corrected chi connectivity index (χ4v) is 3.80. The standard InChI is InChI=1S/C20H21F3N6O2/c1-12-10-28(4-5-29(12)17-3-2-15(9-25-17)20(21,22)23)11-14-8-26-27-18(14)16-6-13(7-24-16)19(30)31/h2-3,6-9,12,24H,4-5,10-11H2,1H3,(H,26,27)(H,30,31). The number of aromatic amines is 2. The highest BCUT2D eigenvalue weighted by Crippen LogP contribution is 2.30. The van der Waals surface area contributed by atoms with E-state index < -0.39 is 17.7 Å². The first kappa shape index (κ1) is 20.9. The number of alkyl halides is 3. The summed E-state index contributed by atoms with van der Waals surface area (Å²) in [5, 5.41) is 16.2. The molecule has 4 heterocycles. The van der Waals surface area contributed by atoms with E-state index in [4.69, 9.17) is 5.11 Å². The van der Waals surface area contributed by atoms with Gasteiger partial charge in [0.05, 0.1) is 16.8 Å². The van der Waals surface area contributed by atoms with Gasteiger partial charge in [-0.2, -0.15) is 18.3 Å². The van der Waals surface area contributed by atoms with Crippen LogP contribution in [0.3, 0.4) is 0 Å². The Labute approximate surface area is 175 Å². The number of aromatic carboxylic acids is 1. The molecule has 31 heavy (non-hydrogen) atoms. The van der Waals surface area contributed by atoms with Crippen molar-refractivity contribution in [1.82, 2.24) is 25.1 Å². The number of hydrogen-bond acceptors (Lipinski definition) is 5. The molecule has 4 rings (SSSR count). The summed E-state index contributed by atoms with van der Waals surface area (Å²) in [7, 11) is 0. The number of carboxylic acids is 1. The van der Waals surface area contributed by atoms with E-state index in [-0.39, 0.29) is 11.6 Å². The molecular formula is C20H21F3N6O2. The van der Waals surface area contributed by atoms with Crippen LogP contribution in [0.5, 0.6) is 0 Å². The van der Waals surface area contributed by atoms with Gasteiger partial charge in [0, 0.05) is 56.4 Å². The second-order valence-electron chi connectivity index (χ2n) is 7.55. The number of rotatable bonds is 5. The van der Waals surface area contributed by atoms with Crippen molar-refractivity contribution < 1.29 is 23.1 Å². The number of hydrogen-bond donors (Lipinski definition) is 3. The van der Waals surface area contributed by atoms with Crippen molar-refractivity contribution in [3.63, 3.8) is 0 Å². The summed E-state index contributed by atoms with van der Waals surface area (Å²) in [4.78, 5) is 22.3. The third-order valence-corrected chi connectivity index (χ3v) is 5.38. The topological polar surface area (TPSA) is 101 Å². The van der Waals surface area contributed by atoms with Gasteiger partial charge in [0.2, 0.25) is 0 Å². The predicted molar refractivity (Wildman–Crippen MR) is 107 cm³/mol. The molecule has 0 amide bonds. The molecule has 1 aliphatic heterocycles. The third kappa shape index (κ3) is 4.41. The number of nitrogens with one attached hydrogen (secondary N) is 2. The Kier molecular flexibility index (Phi) is 5.44. The van der Waals surface area contributed by atoms with Gasteiger partial charge in [0.15, 0.2) is 0 Å². The maximum absolute atomic E-state index is 12.8. The number of anilines is 1. The fourth-order valence-electron chi connectivity index (χ4n) is 3.80. The molecule has 1 aliphatic rings. The van der Waals surface area contributed by atoms with E-state index in [9.17, 15) is 18.0 Å². The Balaban J connectivity index is 1.42. The minimum atomic E-state index is -4.40. The van der Waals surface area contributed by atoms with Gasteiger partial charge in [-0.25, -0.2) is 9.78 Å². The Hall–Kier alpha value is -3.34. The Bertz CT molecular complexity index is 1060. The molecule has 0 aliphatic carbocycles. The fraction of sp³-hybridized carbons (Fsp3) is 0.350. The van der Waals surface area contributed by atoms with E-state index in [2.05, 4.69) is 25.1 Å². The molecule has 8 nitrogen and oxygen atoms in total. The van der Waals surface area contributed by atoms with Gasteiger partial charge in [-0.05, 0) is 25.1 Å². The molecule has 0 saturated carbocycles. The largest absolute Gasteiger partial charge is 0.478 e. The molecule has 0 bridgehead atoms. The third-order valence-electron chi connectivity index (χ3n) is 5.38. The van der Waals surface area contributed by atoms with Gasteiger partial charge in [-0.1, -0.05) is 0 Å². The summed E-state index contributed by atoms with van der Waals surface area (Å²) < 4.78 is 38.3. The van der Waals surface area contributed by atoms with E-state index in [1.807, 2.05) is 11.8 Å². The zero-order valence-electron chi connectivity index (χ0n) is 16.6. The average molecular weight is 434 g/mol. The first-order chi connectivity index (χ1) is 14.7. The summed E-state index contributed by atoms with van der Waals surface area (Å²) in [6.07, 6.45) is -0.324. The van der Waals surface area contributed by atoms with Crippen LogP contribution in [-0.2, 0) is 12.7 Å². The van der Waals surface area contributed by atoms with Crippen LogP contribution in [0.25, 0.3) is 11.4 Å². The molecule has 3 aromatic rings. The van der Waals surface area contributed by atoms with E-state index in [1.165, 1.54) is 12.3 Å². The second kappa shape index (κ2) is 8.06. The highest BCUT2D eigenvalue weighted by molar-refractivity contribution is 5.89. The monoisotopic (exact) mass is 434 g/mol. The Morgan fingerprint density at radius 3 is 2.71 bits per heavy atom. The van der Waals surface area contributed by atoms with Crippen molar-refractivity contribution >= 4 is 11.8 Å². The van der Waals surface area contributed by atoms with Gasteiger partial charge in [0.25, 0.3) is 0 Å². The van der Waals surface area contributed by atoms with Crippen molar-refractivity contribution in [3.05, 3.63) is 53.5 Å². The van der Waals surface area contributed by atoms with E-state index in [0.717, 1.165) is 17.8 Å². The molecule has 3 aromatic heterocycles. The molecule has 0 radical (unpaired) electrons. The summed E-state index contributed by atoms with van der Waals surface area (Å²) >= 11 is 0. The Morgan fingerprint density at radius 2 is 2.10 bits per heavy atom. The molecule has 0 aromatic carbocycles. The zero-order chi connectivity index (χ0) is 22.2. The van der Waals surface area contributed by atoms with Crippen LogP contribution in [0.1, 0.15) is 28.4 Å². The van der Waals surface area contributed by atoms with Crippen LogP contribution in [0.4, 0.5) is 19.0 Å². The minimum absolute atomic E-state index is 0.0532. The molecule has 1 fully saturated rings. The number of halogens is 3. The van der Waals surface area contributed by atoms with Crippen LogP contribution in [0, 0.1) is 0 Å². The number of carbonyl (C=O) groups is 1. The van der Waals surface area contributed by atoms with Gasteiger partial charge in [-0.15, -0.1) is 0 Å². The summed E-state index contributed by atoms with van der Waals surface area (Å²) in [6, 6.07) is 4.06. The molecule has 1 saturated heterocycles. The van der Waals surface area contributed by atoms with Gasteiger partial charge >= 0.3 is 12.1 Å². The number of aromatic nitrogens is 4. The van der Waals surface area contributed by atoms with E-state index in [0.29, 0.717) is 43.4 Å². The van der Waals surface area contributed by atoms with Crippen molar-refractivity contribution in [3.8, 4) is 11.4 Å². The molecule has 0 spiro atoms. The maximum Gasteiger partial charge on any atom is 0.417 e. The number of carboxylic acid groups (broad SMARTS) is 1. The van der Waals surface area contributed by atoms with Gasteiger partial charge in [0.1, 0.15) is 11.5 Å². The maximum atomic E-state index is 12.8. The molecule has 3 N–H and O–H groups in total. The molecular weight excluding hydrogens is 413 g/mol. The zero-order valence-corrected chi connectivity index (χ0v) is 16.6. The van der Waals surface area contributed by atoms with Crippen LogP contribution < -0.4 is 4.90 Å². The van der Waals surface area contributed by atoms with Crippen molar-refractivity contribution in [2.24, 2.45) is 0 Å². The lowest BCUT2D eigenvalue weighted by atomic mass is 10.1. The van der Waals surface area contributed by atoms with Crippen LogP contribution in [0.2, 0.25) is 0 Å². The lowest BCUT2D eigenvalue weighted by molar-refractivity contribution is -0.137. The first-order valence-corrected chi connectivity index (χ1v) is 9.69. The van der Waals surface area contributed by atoms with E-state index >= 15 is 0 Å². The van der Waals surface area contributed by atoms with Crippen molar-refractivity contribution in [2.45, 2.75) is 25.7 Å². The molecule has 1 atom stereocenters. The molecule has 164 valence electrons. The average Bonchev–Trinajstić information content (AvgIpc) is 3.37. The minimum Gasteiger partial charge on any atom is -0.478 e. The van der Waals surface area contributed by atoms with Crippen LogP contribution >= 0.6 is 0 Å². The highest BCUT2D eigenvalue weighted by Gasteiger charge is 2.32. The predicted octanol–water partition coefficient (Wildman–Crippen LogP) is 3.23. The molecule has 11 heteroatoms. The van der Waals surface area contributed by atoms with Crippen LogP contribution in [-0.4, -0.2) is 61.8 Å². The number of pyridine rings is 1. The molecule has 1 unspecified atom stereocenters. The Morgan fingerprint density at radius 1 is 1.29 bits per heavy atom. The number of H-pyrrole nitrogens is 2.